The van der Waals surface area contributed by atoms with Crippen LogP contribution < -0.4 is 24.8 Å². The van der Waals surface area contributed by atoms with Crippen LogP contribution in [0.3, 0.4) is 0 Å². The Morgan fingerprint density at radius 2 is 1.55 bits per heavy atom. The molecular weight excluding hydrogens is 368 g/mol. The summed E-state index contributed by atoms with van der Waals surface area (Å²) in [7, 11) is 0. The number of piperazine rings is 1. The first-order valence-electron chi connectivity index (χ1n) is 9.78. The lowest BCUT2D eigenvalue weighted by Gasteiger charge is -2.36. The molecule has 1 saturated heterocycles. The van der Waals surface area contributed by atoms with Crippen molar-refractivity contribution >= 4 is 11.5 Å². The molecule has 0 aliphatic carbocycles. The van der Waals surface area contributed by atoms with Crippen LogP contribution >= 0.6 is 0 Å². The van der Waals surface area contributed by atoms with Crippen LogP contribution in [0.2, 0.25) is 0 Å². The van der Waals surface area contributed by atoms with Crippen LogP contribution in [-0.2, 0) is 6.42 Å². The second-order valence-corrected chi connectivity index (χ2v) is 7.28. The van der Waals surface area contributed by atoms with Crippen molar-refractivity contribution in [2.75, 3.05) is 42.8 Å². The largest absolute Gasteiger partial charge is 0.454 e. The van der Waals surface area contributed by atoms with E-state index in [2.05, 4.69) is 56.4 Å². The monoisotopic (exact) mass is 390 g/mol. The molecule has 7 heteroatoms. The van der Waals surface area contributed by atoms with Crippen LogP contribution in [0.5, 0.6) is 11.5 Å². The summed E-state index contributed by atoms with van der Waals surface area (Å²) in [5, 5.41) is 6.63. The zero-order valence-corrected chi connectivity index (χ0v) is 16.0. The van der Waals surface area contributed by atoms with E-state index in [9.17, 15) is 4.79 Å². The Morgan fingerprint density at radius 3 is 2.31 bits per heavy atom. The number of aromatic nitrogens is 2. The Labute approximate surface area is 168 Å². The first kappa shape index (κ1) is 17.6. The van der Waals surface area contributed by atoms with E-state index in [0.717, 1.165) is 49.9 Å². The quantitative estimate of drug-likeness (QED) is 0.738. The molecule has 1 fully saturated rings. The Kier molecular flexibility index (Phi) is 4.56. The highest BCUT2D eigenvalue weighted by molar-refractivity contribution is 5.51. The van der Waals surface area contributed by atoms with Crippen molar-refractivity contribution < 1.29 is 9.47 Å². The molecule has 1 N–H and O–H groups in total. The molecule has 0 atom stereocenters. The summed E-state index contributed by atoms with van der Waals surface area (Å²) >= 11 is 0. The number of nitrogens with zero attached hydrogens (tertiary/aromatic N) is 3. The smallest absolute Gasteiger partial charge is 0.264 e. The van der Waals surface area contributed by atoms with Gasteiger partial charge >= 0.3 is 0 Å². The molecule has 5 rings (SSSR count). The summed E-state index contributed by atoms with van der Waals surface area (Å²) in [5.74, 6) is 2.47. The molecule has 29 heavy (non-hydrogen) atoms. The molecule has 0 saturated carbocycles. The first-order chi connectivity index (χ1) is 14.2. The van der Waals surface area contributed by atoms with Gasteiger partial charge in [-0.05, 0) is 47.9 Å². The van der Waals surface area contributed by atoms with Gasteiger partial charge in [0.15, 0.2) is 11.5 Å². The third kappa shape index (κ3) is 3.76. The van der Waals surface area contributed by atoms with E-state index in [-0.39, 0.29) is 5.56 Å². The summed E-state index contributed by atoms with van der Waals surface area (Å²) in [6.07, 6.45) is 0.864. The highest BCUT2D eigenvalue weighted by Gasteiger charge is 2.18. The van der Waals surface area contributed by atoms with Gasteiger partial charge in [-0.15, -0.1) is 0 Å². The molecule has 148 valence electrons. The van der Waals surface area contributed by atoms with Gasteiger partial charge in [0, 0.05) is 37.9 Å². The van der Waals surface area contributed by atoms with Gasteiger partial charge in [0.2, 0.25) is 6.79 Å². The van der Waals surface area contributed by atoms with Gasteiger partial charge in [-0.2, -0.15) is 5.10 Å². The average molecular weight is 390 g/mol. The average Bonchev–Trinajstić information content (AvgIpc) is 3.23. The molecular formula is C22H22N4O3. The van der Waals surface area contributed by atoms with Crippen molar-refractivity contribution in [3.63, 3.8) is 0 Å². The minimum absolute atomic E-state index is 0.173. The number of hydrogen-bond acceptors (Lipinski definition) is 6. The number of anilines is 2. The third-order valence-corrected chi connectivity index (χ3v) is 5.41. The normalized spacial score (nSPS) is 15.6. The number of nitrogens with one attached hydrogen (secondary N) is 1. The van der Waals surface area contributed by atoms with Crippen molar-refractivity contribution in [3.05, 3.63) is 76.1 Å². The lowest BCUT2D eigenvalue weighted by Crippen LogP contribution is -2.47. The van der Waals surface area contributed by atoms with Gasteiger partial charge in [-0.1, -0.05) is 18.2 Å². The van der Waals surface area contributed by atoms with Crippen LogP contribution in [0.4, 0.5) is 11.5 Å². The predicted octanol–water partition coefficient (Wildman–Crippen LogP) is 2.42. The molecule has 3 aromatic rings. The second kappa shape index (κ2) is 7.50. The van der Waals surface area contributed by atoms with Gasteiger partial charge in [0.1, 0.15) is 5.82 Å². The molecule has 2 aromatic carbocycles. The minimum Gasteiger partial charge on any atom is -0.454 e. The van der Waals surface area contributed by atoms with Crippen molar-refractivity contribution in [3.8, 4) is 11.5 Å². The minimum atomic E-state index is -0.173. The fraction of sp³-hybridized carbons (Fsp3) is 0.273. The number of rotatable bonds is 4. The molecule has 0 unspecified atom stereocenters. The second-order valence-electron chi connectivity index (χ2n) is 7.28. The van der Waals surface area contributed by atoms with E-state index >= 15 is 0 Å². The molecule has 2 aliphatic heterocycles. The van der Waals surface area contributed by atoms with Gasteiger partial charge in [0.25, 0.3) is 5.56 Å². The van der Waals surface area contributed by atoms with Crippen molar-refractivity contribution in [1.82, 2.24) is 10.2 Å². The van der Waals surface area contributed by atoms with E-state index in [4.69, 9.17) is 9.47 Å². The number of ether oxygens (including phenoxy) is 2. The van der Waals surface area contributed by atoms with E-state index < -0.39 is 0 Å². The zero-order valence-electron chi connectivity index (χ0n) is 16.0. The number of fused-ring (bicyclic) bond motifs is 1. The van der Waals surface area contributed by atoms with Crippen molar-refractivity contribution in [2.24, 2.45) is 0 Å². The van der Waals surface area contributed by atoms with Crippen molar-refractivity contribution in [1.29, 1.82) is 0 Å². The predicted molar refractivity (Wildman–Crippen MR) is 111 cm³/mol. The van der Waals surface area contributed by atoms with Crippen LogP contribution in [-0.4, -0.2) is 43.2 Å². The Bertz CT molecular complexity index is 1040. The summed E-state index contributed by atoms with van der Waals surface area (Å²) in [6.45, 7) is 3.89. The summed E-state index contributed by atoms with van der Waals surface area (Å²) in [6, 6.07) is 18.2. The number of aromatic amines is 1. The molecule has 0 spiro atoms. The van der Waals surface area contributed by atoms with Crippen LogP contribution in [0.15, 0.2) is 59.4 Å². The van der Waals surface area contributed by atoms with Crippen LogP contribution in [0.25, 0.3) is 0 Å². The molecule has 7 nitrogen and oxygen atoms in total. The maximum absolute atomic E-state index is 11.2. The van der Waals surface area contributed by atoms with Gasteiger partial charge in [0.05, 0.1) is 0 Å². The van der Waals surface area contributed by atoms with E-state index in [1.54, 1.807) is 6.07 Å². The van der Waals surface area contributed by atoms with Gasteiger partial charge < -0.3 is 19.3 Å². The lowest BCUT2D eigenvalue weighted by atomic mass is 10.0. The SMILES string of the molecule is O=c1ccc(N2CCN(c3ccc(Cc4ccc5c(c4)OCO5)cc3)CC2)n[nH]1. The maximum atomic E-state index is 11.2. The molecule has 3 heterocycles. The van der Waals surface area contributed by atoms with Crippen molar-refractivity contribution in [2.45, 2.75) is 6.42 Å². The maximum Gasteiger partial charge on any atom is 0.264 e. The van der Waals surface area contributed by atoms with E-state index in [0.29, 0.717) is 6.79 Å². The Hall–Kier alpha value is -3.48. The molecule has 0 bridgehead atoms. The van der Waals surface area contributed by atoms with Crippen LogP contribution in [0.1, 0.15) is 11.1 Å². The van der Waals surface area contributed by atoms with Gasteiger partial charge in [-0.25, -0.2) is 5.10 Å². The molecule has 0 amide bonds. The number of benzene rings is 2. The lowest BCUT2D eigenvalue weighted by molar-refractivity contribution is 0.174. The number of hydrogen-bond donors (Lipinski definition) is 1. The number of H-pyrrole nitrogens is 1. The van der Waals surface area contributed by atoms with E-state index in [1.165, 1.54) is 22.9 Å². The topological polar surface area (TPSA) is 70.7 Å². The highest BCUT2D eigenvalue weighted by atomic mass is 16.7. The summed E-state index contributed by atoms with van der Waals surface area (Å²) in [4.78, 5) is 15.8. The fourth-order valence-corrected chi connectivity index (χ4v) is 3.82. The molecule has 0 radical (unpaired) electrons. The summed E-state index contributed by atoms with van der Waals surface area (Å²) < 4.78 is 10.8. The fourth-order valence-electron chi connectivity index (χ4n) is 3.82. The summed E-state index contributed by atoms with van der Waals surface area (Å²) in [5.41, 5.74) is 3.54. The first-order valence-corrected chi connectivity index (χ1v) is 9.78. The van der Waals surface area contributed by atoms with E-state index in [1.807, 2.05) is 6.07 Å². The van der Waals surface area contributed by atoms with Crippen LogP contribution in [0, 0.1) is 0 Å². The van der Waals surface area contributed by atoms with Gasteiger partial charge in [-0.3, -0.25) is 4.79 Å². The standard InChI is InChI=1S/C22H22N4O3/c27-22-8-7-21(23-24-22)26-11-9-25(10-12-26)18-4-1-16(2-5-18)13-17-3-6-19-20(14-17)29-15-28-19/h1-8,14H,9-13,15H2,(H,24,27). The highest BCUT2D eigenvalue weighted by Crippen LogP contribution is 2.33. The molecule has 1 aromatic heterocycles. The zero-order chi connectivity index (χ0) is 19.6. The Morgan fingerprint density at radius 1 is 0.828 bits per heavy atom. The third-order valence-electron chi connectivity index (χ3n) is 5.41. The Balaban J connectivity index is 1.21. The molecule has 2 aliphatic rings.